The molecule has 0 atom stereocenters. The minimum Gasteiger partial charge on any atom is -0.478 e. The van der Waals surface area contributed by atoms with E-state index in [9.17, 15) is 14.0 Å². The van der Waals surface area contributed by atoms with Crippen molar-refractivity contribution in [1.29, 1.82) is 0 Å². The maximum absolute atomic E-state index is 13.0. The molecule has 0 heterocycles. The smallest absolute Gasteiger partial charge is 0.338 e. The lowest BCUT2D eigenvalue weighted by atomic mass is 10.1. The van der Waals surface area contributed by atoms with E-state index in [1.54, 1.807) is 0 Å². The van der Waals surface area contributed by atoms with Gasteiger partial charge in [-0.05, 0) is 19.1 Å². The van der Waals surface area contributed by atoms with Gasteiger partial charge in [-0.2, -0.15) is 0 Å². The Morgan fingerprint density at radius 1 is 1.36 bits per heavy atom. The average Bonchev–Trinajstić information content (AvgIpc) is 2.02. The number of carboxylic acid groups (broad SMARTS) is 1. The van der Waals surface area contributed by atoms with Crippen LogP contribution in [0.3, 0.4) is 0 Å². The van der Waals surface area contributed by atoms with Crippen LogP contribution in [-0.4, -0.2) is 16.9 Å². The number of aromatic carboxylic acids is 1. The zero-order valence-electron chi connectivity index (χ0n) is 7.17. The van der Waals surface area contributed by atoms with Crippen LogP contribution >= 0.6 is 11.6 Å². The Morgan fingerprint density at radius 2 is 1.93 bits per heavy atom. The first-order valence-electron chi connectivity index (χ1n) is 3.66. The molecule has 0 aliphatic heterocycles. The first-order valence-corrected chi connectivity index (χ1v) is 4.04. The van der Waals surface area contributed by atoms with E-state index in [4.69, 9.17) is 16.7 Å². The predicted octanol–water partition coefficient (Wildman–Crippen LogP) is 2.38. The fourth-order valence-corrected chi connectivity index (χ4v) is 1.27. The van der Waals surface area contributed by atoms with E-state index in [2.05, 4.69) is 0 Å². The largest absolute Gasteiger partial charge is 0.478 e. The van der Waals surface area contributed by atoms with E-state index in [1.807, 2.05) is 0 Å². The Balaban J connectivity index is 3.42. The second kappa shape index (κ2) is 3.75. The maximum Gasteiger partial charge on any atom is 0.338 e. The molecule has 1 rings (SSSR count). The van der Waals surface area contributed by atoms with Gasteiger partial charge < -0.3 is 5.11 Å². The molecule has 0 amide bonds. The lowest BCUT2D eigenvalue weighted by molar-refractivity contribution is 0.0692. The fraction of sp³-hybridized carbons (Fsp3) is 0.111. The van der Waals surface area contributed by atoms with Crippen LogP contribution in [0.15, 0.2) is 12.1 Å². The summed E-state index contributed by atoms with van der Waals surface area (Å²) in [5.41, 5.74) is -0.551. The second-order valence-electron chi connectivity index (χ2n) is 2.67. The van der Waals surface area contributed by atoms with Crippen molar-refractivity contribution in [3.05, 3.63) is 34.1 Å². The molecule has 3 nitrogen and oxygen atoms in total. The molecule has 1 N–H and O–H groups in total. The summed E-state index contributed by atoms with van der Waals surface area (Å²) in [6, 6.07) is 1.75. The third-order valence-corrected chi connectivity index (χ3v) is 1.98. The number of halogens is 2. The van der Waals surface area contributed by atoms with E-state index in [1.165, 1.54) is 6.92 Å². The third-order valence-electron chi connectivity index (χ3n) is 1.67. The van der Waals surface area contributed by atoms with Crippen LogP contribution in [0.5, 0.6) is 0 Å². The molecule has 0 spiro atoms. The van der Waals surface area contributed by atoms with Gasteiger partial charge in [-0.15, -0.1) is 0 Å². The summed E-state index contributed by atoms with van der Waals surface area (Å²) in [5.74, 6) is -2.79. The highest BCUT2D eigenvalue weighted by molar-refractivity contribution is 6.34. The van der Waals surface area contributed by atoms with Crippen molar-refractivity contribution >= 4 is 23.4 Å². The van der Waals surface area contributed by atoms with Crippen molar-refractivity contribution in [2.45, 2.75) is 6.92 Å². The van der Waals surface area contributed by atoms with E-state index in [0.717, 1.165) is 12.1 Å². The number of rotatable bonds is 2. The third kappa shape index (κ3) is 1.90. The molecule has 0 aromatic heterocycles. The molecule has 0 radical (unpaired) electrons. The summed E-state index contributed by atoms with van der Waals surface area (Å²) in [6.07, 6.45) is 0. The predicted molar refractivity (Wildman–Crippen MR) is 48.4 cm³/mol. The summed E-state index contributed by atoms with van der Waals surface area (Å²) < 4.78 is 13.0. The molecule has 1 aromatic rings. The number of Topliss-reactive ketones (excluding diaryl/α,β-unsaturated/α-hetero) is 1. The number of benzene rings is 1. The molecule has 0 aliphatic rings. The van der Waals surface area contributed by atoms with Gasteiger partial charge in [0.1, 0.15) is 5.82 Å². The molecule has 1 aromatic carbocycles. The molecule has 0 aliphatic carbocycles. The van der Waals surface area contributed by atoms with Gasteiger partial charge >= 0.3 is 5.97 Å². The number of hydrogen-bond acceptors (Lipinski definition) is 2. The summed E-state index contributed by atoms with van der Waals surface area (Å²) in [4.78, 5) is 21.5. The van der Waals surface area contributed by atoms with E-state index < -0.39 is 23.1 Å². The van der Waals surface area contributed by atoms with Gasteiger partial charge in [-0.1, -0.05) is 11.6 Å². The summed E-state index contributed by atoms with van der Waals surface area (Å²) >= 11 is 5.55. The monoisotopic (exact) mass is 216 g/mol. The van der Waals surface area contributed by atoms with Crippen molar-refractivity contribution in [2.24, 2.45) is 0 Å². The highest BCUT2D eigenvalue weighted by Crippen LogP contribution is 2.21. The molecular weight excluding hydrogens is 211 g/mol. The number of carbonyl (C=O) groups is 2. The number of ketones is 1. The van der Waals surface area contributed by atoms with Crippen LogP contribution < -0.4 is 0 Å². The molecule has 0 fully saturated rings. The van der Waals surface area contributed by atoms with E-state index in [0.29, 0.717) is 0 Å². The van der Waals surface area contributed by atoms with Crippen LogP contribution in [0.1, 0.15) is 27.6 Å². The van der Waals surface area contributed by atoms with E-state index in [-0.39, 0.29) is 10.6 Å². The zero-order chi connectivity index (χ0) is 10.9. The van der Waals surface area contributed by atoms with Crippen molar-refractivity contribution in [3.8, 4) is 0 Å². The van der Waals surface area contributed by atoms with E-state index >= 15 is 0 Å². The van der Waals surface area contributed by atoms with Gasteiger partial charge in [0, 0.05) is 5.56 Å². The summed E-state index contributed by atoms with van der Waals surface area (Å²) in [7, 11) is 0. The fourth-order valence-electron chi connectivity index (χ4n) is 0.983. The normalized spacial score (nSPS) is 9.93. The van der Waals surface area contributed by atoms with Gasteiger partial charge in [0.05, 0.1) is 10.6 Å². The first-order chi connectivity index (χ1) is 6.43. The first kappa shape index (κ1) is 10.7. The van der Waals surface area contributed by atoms with Gasteiger partial charge in [0.15, 0.2) is 5.78 Å². The highest BCUT2D eigenvalue weighted by Gasteiger charge is 2.15. The standard InChI is InChI=1S/C9H6ClFO3/c1-4(12)5-2-6(9(13)14)8(11)3-7(5)10/h2-3H,1H3,(H,13,14). The van der Waals surface area contributed by atoms with Crippen molar-refractivity contribution in [1.82, 2.24) is 0 Å². The zero-order valence-corrected chi connectivity index (χ0v) is 7.93. The molecule has 0 unspecified atom stereocenters. The molecule has 74 valence electrons. The SMILES string of the molecule is CC(=O)c1cc(C(=O)O)c(F)cc1Cl. The number of carboxylic acids is 1. The van der Waals surface area contributed by atoms with Crippen LogP contribution in [-0.2, 0) is 0 Å². The number of hydrogen-bond donors (Lipinski definition) is 1. The lowest BCUT2D eigenvalue weighted by Crippen LogP contribution is -2.04. The Bertz CT molecular complexity index is 380. The average molecular weight is 217 g/mol. The maximum atomic E-state index is 13.0. The van der Waals surface area contributed by atoms with Crippen molar-refractivity contribution < 1.29 is 19.1 Å². The molecule has 0 saturated heterocycles. The molecule has 0 bridgehead atoms. The quantitative estimate of drug-likeness (QED) is 0.773. The van der Waals surface area contributed by atoms with Crippen LogP contribution in [0.25, 0.3) is 0 Å². The van der Waals surface area contributed by atoms with Crippen molar-refractivity contribution in [2.75, 3.05) is 0 Å². The second-order valence-corrected chi connectivity index (χ2v) is 3.08. The Hall–Kier alpha value is -1.42. The van der Waals surface area contributed by atoms with Crippen molar-refractivity contribution in [3.63, 3.8) is 0 Å². The highest BCUT2D eigenvalue weighted by atomic mass is 35.5. The topological polar surface area (TPSA) is 54.4 Å². The van der Waals surface area contributed by atoms with Gasteiger partial charge in [-0.3, -0.25) is 4.79 Å². The Kier molecular flexibility index (Phi) is 2.86. The minimum atomic E-state index is -1.43. The Labute approximate surface area is 84.1 Å². The Morgan fingerprint density at radius 3 is 2.36 bits per heavy atom. The molecular formula is C9H6ClFO3. The van der Waals surface area contributed by atoms with Gasteiger partial charge in [0.2, 0.25) is 0 Å². The lowest BCUT2D eigenvalue weighted by Gasteiger charge is -2.02. The number of carbonyl (C=O) groups excluding carboxylic acids is 1. The molecule has 5 heteroatoms. The summed E-state index contributed by atoms with van der Waals surface area (Å²) in [5, 5.41) is 8.49. The minimum absolute atomic E-state index is 0.00506. The van der Waals surface area contributed by atoms with Crippen LogP contribution in [0.4, 0.5) is 4.39 Å². The molecule has 14 heavy (non-hydrogen) atoms. The molecule has 0 saturated carbocycles. The summed E-state index contributed by atoms with van der Waals surface area (Å²) in [6.45, 7) is 1.23. The van der Waals surface area contributed by atoms with Gasteiger partial charge in [-0.25, -0.2) is 9.18 Å². The van der Waals surface area contributed by atoms with Crippen LogP contribution in [0.2, 0.25) is 5.02 Å². The van der Waals surface area contributed by atoms with Crippen LogP contribution in [0, 0.1) is 5.82 Å². The van der Waals surface area contributed by atoms with Gasteiger partial charge in [0.25, 0.3) is 0 Å².